The van der Waals surface area contributed by atoms with Gasteiger partial charge in [-0.2, -0.15) is 0 Å². The number of quaternary nitrogens is 1. The van der Waals surface area contributed by atoms with Crippen LogP contribution >= 0.6 is 0 Å². The van der Waals surface area contributed by atoms with Crippen LogP contribution in [0.25, 0.3) is 11.0 Å². The van der Waals surface area contributed by atoms with Crippen molar-refractivity contribution in [3.8, 4) is 0 Å². The summed E-state index contributed by atoms with van der Waals surface area (Å²) in [4.78, 5) is 30.6. The van der Waals surface area contributed by atoms with Crippen LogP contribution in [0.15, 0.2) is 27.5 Å². The molecule has 11 heteroatoms. The van der Waals surface area contributed by atoms with Crippen molar-refractivity contribution in [1.29, 1.82) is 0 Å². The monoisotopic (exact) mass is 584 g/mol. The van der Waals surface area contributed by atoms with E-state index in [0.717, 1.165) is 69.1 Å². The molecule has 228 valence electrons. The Balaban J connectivity index is 1.30. The van der Waals surface area contributed by atoms with Gasteiger partial charge in [-0.25, -0.2) is 14.2 Å². The molecule has 2 aliphatic rings. The van der Waals surface area contributed by atoms with Crippen LogP contribution in [-0.2, 0) is 17.7 Å². The zero-order valence-electron chi connectivity index (χ0n) is 24.7. The lowest BCUT2D eigenvalue weighted by Gasteiger charge is -2.42. The van der Waals surface area contributed by atoms with Gasteiger partial charge in [0.15, 0.2) is 5.58 Å². The normalized spacial score (nSPS) is 22.2. The average Bonchev–Trinajstić information content (AvgIpc) is 3.40. The minimum Gasteiger partial charge on any atom is -0.399 e. The Morgan fingerprint density at radius 2 is 2.05 bits per heavy atom. The van der Waals surface area contributed by atoms with Crippen molar-refractivity contribution in [1.82, 2.24) is 20.0 Å². The van der Waals surface area contributed by atoms with Gasteiger partial charge in [0.1, 0.15) is 17.7 Å². The molecule has 1 saturated heterocycles. The molecule has 2 aromatic heterocycles. The van der Waals surface area contributed by atoms with E-state index >= 15 is 0 Å². The number of amides is 1. The number of nitrogens with one attached hydrogen (secondary N) is 1. The summed E-state index contributed by atoms with van der Waals surface area (Å²) < 4.78 is 27.0. The van der Waals surface area contributed by atoms with Crippen LogP contribution in [0.1, 0.15) is 93.1 Å². The summed E-state index contributed by atoms with van der Waals surface area (Å²) in [5.41, 5.74) is 2.48. The lowest BCUT2D eigenvalue weighted by atomic mass is 9.90. The number of hydrogen-bond acceptors (Lipinski definition) is 7. The first kappa shape index (κ1) is 30.2. The zero-order valence-corrected chi connectivity index (χ0v) is 24.7. The second-order valence-corrected chi connectivity index (χ2v) is 11.9. The molecule has 0 spiro atoms. The quantitative estimate of drug-likeness (QED) is 0.244. The molecule has 4 heterocycles. The number of aliphatic hydroxyl groups excluding tert-OH is 1. The number of aryl methyl sites for hydroxylation is 1. The molecule has 1 atom stereocenters. The van der Waals surface area contributed by atoms with Crippen molar-refractivity contribution in [2.24, 2.45) is 0 Å². The summed E-state index contributed by atoms with van der Waals surface area (Å²) in [5, 5.41) is 18.4. The fourth-order valence-corrected chi connectivity index (χ4v) is 6.42. The van der Waals surface area contributed by atoms with Gasteiger partial charge in [0.05, 0.1) is 25.3 Å². The molecule has 0 bridgehead atoms. The molecular formula is C31H43FN5O5+. The lowest BCUT2D eigenvalue weighted by molar-refractivity contribution is -0.947. The lowest BCUT2D eigenvalue weighted by Crippen LogP contribution is -2.56. The van der Waals surface area contributed by atoms with Gasteiger partial charge in [0, 0.05) is 61.0 Å². The molecule has 2 aliphatic heterocycles. The van der Waals surface area contributed by atoms with Crippen LogP contribution in [0.4, 0.5) is 9.18 Å². The van der Waals surface area contributed by atoms with Gasteiger partial charge in [-0.3, -0.25) is 13.8 Å². The van der Waals surface area contributed by atoms with Crippen LogP contribution < -0.4 is 10.9 Å². The first-order valence-corrected chi connectivity index (χ1v) is 15.4. The molecule has 10 nitrogen and oxygen atoms in total. The van der Waals surface area contributed by atoms with Crippen molar-refractivity contribution in [3.63, 3.8) is 0 Å². The molecular weight excluding hydrogens is 541 g/mol. The van der Waals surface area contributed by atoms with Crippen molar-refractivity contribution in [2.45, 2.75) is 90.2 Å². The fraction of sp³-hybridized carbons (Fsp3) is 0.613. The molecule has 1 aromatic carbocycles. The highest BCUT2D eigenvalue weighted by Gasteiger charge is 2.38. The third kappa shape index (κ3) is 6.67. The number of likely N-dealkylation sites (tertiary alicyclic amines) is 1. The van der Waals surface area contributed by atoms with Gasteiger partial charge in [-0.15, -0.1) is 0 Å². The first-order valence-electron chi connectivity index (χ1n) is 15.4. The number of fused-ring (bicyclic) bond motifs is 2. The SMILES string of the molecule is CCCCCCNC(=O)OC[N+]1(CCc2c(C)nc3n(c2=O)CCCC3O)CCC(c2noc3cc(F)ccc23)CC1. The van der Waals surface area contributed by atoms with E-state index in [9.17, 15) is 19.1 Å². The summed E-state index contributed by atoms with van der Waals surface area (Å²) in [7, 11) is 0. The van der Waals surface area contributed by atoms with Crippen LogP contribution in [0.5, 0.6) is 0 Å². The Labute approximate surface area is 245 Å². The van der Waals surface area contributed by atoms with Gasteiger partial charge in [-0.1, -0.05) is 31.3 Å². The largest absolute Gasteiger partial charge is 0.411 e. The van der Waals surface area contributed by atoms with E-state index in [0.29, 0.717) is 59.6 Å². The number of halogens is 1. The highest BCUT2D eigenvalue weighted by molar-refractivity contribution is 5.79. The van der Waals surface area contributed by atoms with Gasteiger partial charge >= 0.3 is 6.09 Å². The van der Waals surface area contributed by atoms with E-state index in [-0.39, 0.29) is 24.0 Å². The summed E-state index contributed by atoms with van der Waals surface area (Å²) in [5.74, 6) is 0.230. The zero-order chi connectivity index (χ0) is 29.7. The number of carbonyl (C=O) groups excluding carboxylic acids is 1. The summed E-state index contributed by atoms with van der Waals surface area (Å²) in [6.07, 6.45) is 6.55. The van der Waals surface area contributed by atoms with Crippen molar-refractivity contribution >= 4 is 17.1 Å². The van der Waals surface area contributed by atoms with E-state index < -0.39 is 12.2 Å². The summed E-state index contributed by atoms with van der Waals surface area (Å²) in [6.45, 7) is 7.39. The highest BCUT2D eigenvalue weighted by atomic mass is 19.1. The molecule has 0 saturated carbocycles. The number of aliphatic hydroxyl groups is 1. The van der Waals surface area contributed by atoms with Gasteiger partial charge in [-0.05, 0) is 38.3 Å². The second kappa shape index (κ2) is 13.3. The first-order chi connectivity index (χ1) is 20.3. The second-order valence-electron chi connectivity index (χ2n) is 11.9. The fourth-order valence-electron chi connectivity index (χ4n) is 6.42. The standard InChI is InChI=1S/C31H42FN5O5/c1-3-4-5-6-14-33-31(40)41-20-37(18-13-24-21(2)34-29-26(38)8-7-15-36(29)30(24)39)16-11-22(12-17-37)28-25-10-9-23(32)19-27(25)42-35-28/h9-10,19,22,26,38H,3-8,11-18,20H2,1-2H3/p+1. The van der Waals surface area contributed by atoms with E-state index in [2.05, 4.69) is 22.4 Å². The number of rotatable bonds is 11. The molecule has 42 heavy (non-hydrogen) atoms. The van der Waals surface area contributed by atoms with Crippen LogP contribution in [0, 0.1) is 12.7 Å². The smallest absolute Gasteiger partial charge is 0.399 e. The molecule has 1 fully saturated rings. The predicted octanol–water partition coefficient (Wildman–Crippen LogP) is 4.86. The third-order valence-corrected chi connectivity index (χ3v) is 9.01. The highest BCUT2D eigenvalue weighted by Crippen LogP contribution is 2.35. The van der Waals surface area contributed by atoms with E-state index in [1.807, 2.05) is 6.92 Å². The summed E-state index contributed by atoms with van der Waals surface area (Å²) in [6, 6.07) is 4.50. The molecule has 5 rings (SSSR count). The topological polar surface area (TPSA) is 119 Å². The number of unbranched alkanes of at least 4 members (excludes halogenated alkanes) is 3. The maximum Gasteiger partial charge on any atom is 0.411 e. The maximum atomic E-state index is 13.7. The number of alkyl carbamates (subject to hydrolysis) is 1. The third-order valence-electron chi connectivity index (χ3n) is 9.01. The number of ether oxygens (including phenoxy) is 1. The van der Waals surface area contributed by atoms with Crippen LogP contribution in [0.3, 0.4) is 0 Å². The van der Waals surface area contributed by atoms with E-state index in [1.54, 1.807) is 10.6 Å². The molecule has 2 N–H and O–H groups in total. The minimum absolute atomic E-state index is 0.0867. The Kier molecular flexibility index (Phi) is 9.57. The Bertz CT molecular complexity index is 1450. The van der Waals surface area contributed by atoms with Crippen molar-refractivity contribution in [3.05, 3.63) is 57.1 Å². The maximum absolute atomic E-state index is 13.7. The summed E-state index contributed by atoms with van der Waals surface area (Å²) >= 11 is 0. The number of hydrogen-bond donors (Lipinski definition) is 2. The average molecular weight is 585 g/mol. The van der Waals surface area contributed by atoms with Gasteiger partial charge in [0.25, 0.3) is 5.56 Å². The van der Waals surface area contributed by atoms with Gasteiger partial charge < -0.3 is 19.7 Å². The number of carbonyl (C=O) groups is 1. The number of piperidine rings is 1. The predicted molar refractivity (Wildman–Crippen MR) is 155 cm³/mol. The number of aromatic nitrogens is 3. The Morgan fingerprint density at radius 3 is 2.83 bits per heavy atom. The van der Waals surface area contributed by atoms with Crippen LogP contribution in [0.2, 0.25) is 0 Å². The molecule has 3 aromatic rings. The molecule has 1 unspecified atom stereocenters. The minimum atomic E-state index is -0.713. The van der Waals surface area contributed by atoms with E-state index in [1.165, 1.54) is 12.1 Å². The Morgan fingerprint density at radius 1 is 1.24 bits per heavy atom. The molecule has 0 aliphatic carbocycles. The number of benzene rings is 1. The number of nitrogens with zero attached hydrogens (tertiary/aromatic N) is 4. The Hall–Kier alpha value is -3.31. The molecule has 0 radical (unpaired) electrons. The van der Waals surface area contributed by atoms with Crippen molar-refractivity contribution in [2.75, 3.05) is 32.9 Å². The van der Waals surface area contributed by atoms with Crippen LogP contribution in [-0.4, -0.2) is 63.3 Å². The van der Waals surface area contributed by atoms with Crippen molar-refractivity contribution < 1.29 is 28.0 Å². The van der Waals surface area contributed by atoms with Gasteiger partial charge in [0.2, 0.25) is 6.73 Å². The van der Waals surface area contributed by atoms with E-state index in [4.69, 9.17) is 9.26 Å². The molecule has 1 amide bonds.